The highest BCUT2D eigenvalue weighted by atomic mass is 15.0. The van der Waals surface area contributed by atoms with E-state index in [0.717, 1.165) is 13.0 Å². The predicted octanol–water partition coefficient (Wildman–Crippen LogP) is 10.2. The van der Waals surface area contributed by atoms with Crippen molar-refractivity contribution >= 4 is 43.6 Å². The zero-order chi connectivity index (χ0) is 29.9. The number of fused-ring (bicyclic) bond motifs is 6. The lowest BCUT2D eigenvalue weighted by atomic mass is 9.73. The minimum atomic E-state index is -0.286. The van der Waals surface area contributed by atoms with E-state index in [4.69, 9.17) is 5.73 Å². The molecule has 3 heteroatoms. The van der Waals surface area contributed by atoms with Gasteiger partial charge in [-0.05, 0) is 73.2 Å². The van der Waals surface area contributed by atoms with Gasteiger partial charge in [0.15, 0.2) is 0 Å². The van der Waals surface area contributed by atoms with Gasteiger partial charge >= 0.3 is 0 Å². The van der Waals surface area contributed by atoms with Crippen LogP contribution in [0.1, 0.15) is 58.1 Å². The Balaban J connectivity index is 1.38. The summed E-state index contributed by atoms with van der Waals surface area (Å²) in [6, 6.07) is 42.3. The Bertz CT molecular complexity index is 2080. The summed E-state index contributed by atoms with van der Waals surface area (Å²) in [5, 5.41) is 5.13. The first kappa shape index (κ1) is 27.5. The Labute approximate surface area is 254 Å². The lowest BCUT2D eigenvalue weighted by molar-refractivity contribution is 0.275. The smallest absolute Gasteiger partial charge is 0.0548 e. The first-order valence-corrected chi connectivity index (χ1v) is 15.5. The number of benzene rings is 5. The minimum absolute atomic E-state index is 0.206. The molecule has 2 heterocycles. The second-order valence-corrected chi connectivity index (χ2v) is 14.1. The van der Waals surface area contributed by atoms with E-state index in [0.29, 0.717) is 5.92 Å². The van der Waals surface area contributed by atoms with Gasteiger partial charge in [-0.3, -0.25) is 0 Å². The van der Waals surface area contributed by atoms with Crippen LogP contribution >= 0.6 is 0 Å². The monoisotopic (exact) mass is 563 g/mol. The maximum Gasteiger partial charge on any atom is 0.0548 e. The number of aromatic nitrogens is 2. The van der Waals surface area contributed by atoms with Gasteiger partial charge < -0.3 is 14.9 Å². The van der Waals surface area contributed by atoms with Crippen molar-refractivity contribution in [3.05, 3.63) is 126 Å². The lowest BCUT2D eigenvalue weighted by Crippen LogP contribution is -2.41. The first-order valence-electron chi connectivity index (χ1n) is 15.5. The third-order valence-electron chi connectivity index (χ3n) is 9.02. The summed E-state index contributed by atoms with van der Waals surface area (Å²) in [4.78, 5) is 0. The molecule has 0 aliphatic heterocycles. The SMILES string of the molecule is CC(C)(C)CC(c1ccc(Cn2c3ccccc3c3cc4c(cc32)c2ccccc2n4-c2ccccc2)cc1)C(C)(C)N. The second kappa shape index (κ2) is 10.1. The quantitative estimate of drug-likeness (QED) is 0.215. The highest BCUT2D eigenvalue weighted by Crippen LogP contribution is 2.40. The molecular formula is C40H41N3. The fraction of sp³-hybridized carbons (Fsp3) is 0.250. The molecule has 0 aliphatic carbocycles. The number of hydrogen-bond acceptors (Lipinski definition) is 1. The van der Waals surface area contributed by atoms with E-state index >= 15 is 0 Å². The van der Waals surface area contributed by atoms with E-state index in [-0.39, 0.29) is 11.0 Å². The maximum atomic E-state index is 6.71. The summed E-state index contributed by atoms with van der Waals surface area (Å²) in [7, 11) is 0. The summed E-state index contributed by atoms with van der Waals surface area (Å²) < 4.78 is 4.90. The molecule has 0 bridgehead atoms. The molecule has 43 heavy (non-hydrogen) atoms. The van der Waals surface area contributed by atoms with E-state index in [2.05, 4.69) is 159 Å². The van der Waals surface area contributed by atoms with E-state index in [9.17, 15) is 0 Å². The molecule has 7 aromatic rings. The number of para-hydroxylation sites is 3. The molecule has 0 radical (unpaired) electrons. The number of nitrogens with zero attached hydrogens (tertiary/aromatic N) is 2. The van der Waals surface area contributed by atoms with Crippen molar-refractivity contribution in [1.82, 2.24) is 9.13 Å². The van der Waals surface area contributed by atoms with Gasteiger partial charge in [0.2, 0.25) is 0 Å². The Kier molecular flexibility index (Phi) is 6.48. The number of hydrogen-bond donors (Lipinski definition) is 1. The standard InChI is InChI=1S/C40H41N3/c1-39(2,3)25-34(40(4,5)41)28-21-19-27(20-22-28)26-42-35-17-11-9-15-30(35)32-24-38-33(23-37(32)42)31-16-10-12-18-36(31)43(38)29-13-7-6-8-14-29/h6-24,34H,25-26,41H2,1-5H3. The van der Waals surface area contributed by atoms with Crippen LogP contribution in [-0.2, 0) is 6.54 Å². The van der Waals surface area contributed by atoms with Crippen LogP contribution in [-0.4, -0.2) is 14.7 Å². The van der Waals surface area contributed by atoms with Crippen molar-refractivity contribution in [3.63, 3.8) is 0 Å². The van der Waals surface area contributed by atoms with Gasteiger partial charge in [-0.25, -0.2) is 0 Å². The Morgan fingerprint density at radius 2 is 1.14 bits per heavy atom. The Hall–Kier alpha value is -4.34. The molecular weight excluding hydrogens is 522 g/mol. The molecule has 7 rings (SSSR count). The number of rotatable bonds is 6. The molecule has 0 spiro atoms. The summed E-state index contributed by atoms with van der Waals surface area (Å²) in [5.74, 6) is 0.296. The Morgan fingerprint density at radius 1 is 0.581 bits per heavy atom. The third-order valence-corrected chi connectivity index (χ3v) is 9.02. The molecule has 3 nitrogen and oxygen atoms in total. The van der Waals surface area contributed by atoms with Crippen molar-refractivity contribution in [2.45, 2.75) is 59.0 Å². The van der Waals surface area contributed by atoms with Gasteiger partial charge in [0.25, 0.3) is 0 Å². The van der Waals surface area contributed by atoms with Crippen LogP contribution < -0.4 is 5.73 Å². The van der Waals surface area contributed by atoms with Crippen LogP contribution in [0.3, 0.4) is 0 Å². The van der Waals surface area contributed by atoms with Crippen molar-refractivity contribution in [3.8, 4) is 5.69 Å². The fourth-order valence-corrected chi connectivity index (χ4v) is 7.00. The van der Waals surface area contributed by atoms with Gasteiger partial charge in [0.1, 0.15) is 0 Å². The normalized spacial score (nSPS) is 13.4. The molecule has 0 amide bonds. The predicted molar refractivity (Wildman–Crippen MR) is 184 cm³/mol. The molecule has 5 aromatic carbocycles. The lowest BCUT2D eigenvalue weighted by Gasteiger charge is -2.36. The third kappa shape index (κ3) is 4.92. The van der Waals surface area contributed by atoms with Gasteiger partial charge in [-0.1, -0.05) is 99.6 Å². The highest BCUT2D eigenvalue weighted by Gasteiger charge is 2.30. The average Bonchev–Trinajstić information content (AvgIpc) is 3.47. The largest absolute Gasteiger partial charge is 0.336 e. The molecule has 2 N–H and O–H groups in total. The molecule has 1 atom stereocenters. The van der Waals surface area contributed by atoms with Crippen LogP contribution in [0, 0.1) is 5.41 Å². The van der Waals surface area contributed by atoms with Crippen molar-refractivity contribution < 1.29 is 0 Å². The van der Waals surface area contributed by atoms with Crippen LogP contribution in [0.15, 0.2) is 115 Å². The van der Waals surface area contributed by atoms with Gasteiger partial charge in [-0.2, -0.15) is 0 Å². The molecule has 0 saturated heterocycles. The molecule has 0 fully saturated rings. The van der Waals surface area contributed by atoms with Gasteiger partial charge in [0.05, 0.1) is 16.6 Å². The van der Waals surface area contributed by atoms with E-state index < -0.39 is 0 Å². The van der Waals surface area contributed by atoms with Crippen LogP contribution in [0.25, 0.3) is 49.3 Å². The van der Waals surface area contributed by atoms with Gasteiger partial charge in [0, 0.05) is 50.8 Å². The molecule has 2 aromatic heterocycles. The van der Waals surface area contributed by atoms with E-state index in [1.54, 1.807) is 0 Å². The van der Waals surface area contributed by atoms with Crippen LogP contribution in [0.2, 0.25) is 0 Å². The second-order valence-electron chi connectivity index (χ2n) is 14.1. The summed E-state index contributed by atoms with van der Waals surface area (Å²) in [6.45, 7) is 12.0. The van der Waals surface area contributed by atoms with Crippen LogP contribution in [0.5, 0.6) is 0 Å². The van der Waals surface area contributed by atoms with Crippen molar-refractivity contribution in [2.75, 3.05) is 0 Å². The maximum absolute atomic E-state index is 6.71. The fourth-order valence-electron chi connectivity index (χ4n) is 7.00. The van der Waals surface area contributed by atoms with E-state index in [1.165, 1.54) is 60.4 Å². The molecule has 0 aliphatic rings. The molecule has 216 valence electrons. The van der Waals surface area contributed by atoms with Crippen molar-refractivity contribution in [2.24, 2.45) is 11.1 Å². The highest BCUT2D eigenvalue weighted by molar-refractivity contribution is 6.18. The summed E-state index contributed by atoms with van der Waals surface area (Å²) >= 11 is 0. The van der Waals surface area contributed by atoms with Crippen molar-refractivity contribution in [1.29, 1.82) is 0 Å². The molecule has 1 unspecified atom stereocenters. The van der Waals surface area contributed by atoms with E-state index in [1.807, 2.05) is 0 Å². The minimum Gasteiger partial charge on any atom is -0.336 e. The van der Waals surface area contributed by atoms with Gasteiger partial charge in [-0.15, -0.1) is 0 Å². The Morgan fingerprint density at radius 3 is 1.79 bits per heavy atom. The molecule has 0 saturated carbocycles. The summed E-state index contributed by atoms with van der Waals surface area (Å²) in [5.41, 5.74) is 15.4. The van der Waals surface area contributed by atoms with Crippen LogP contribution in [0.4, 0.5) is 0 Å². The average molecular weight is 564 g/mol. The zero-order valence-corrected chi connectivity index (χ0v) is 25.9. The topological polar surface area (TPSA) is 35.9 Å². The zero-order valence-electron chi connectivity index (χ0n) is 25.9. The first-order chi connectivity index (χ1) is 20.6. The summed E-state index contributed by atoms with van der Waals surface area (Å²) in [6.07, 6.45) is 1.05. The number of nitrogens with two attached hydrogens (primary N) is 1.